The summed E-state index contributed by atoms with van der Waals surface area (Å²) in [5.41, 5.74) is 4.77. The van der Waals surface area contributed by atoms with E-state index < -0.39 is 0 Å². The molecule has 0 saturated heterocycles. The lowest BCUT2D eigenvalue weighted by Gasteiger charge is -2.12. The maximum absolute atomic E-state index is 13.8. The molecule has 172 valence electrons. The van der Waals surface area contributed by atoms with Crippen molar-refractivity contribution in [3.63, 3.8) is 0 Å². The standard InChI is InChI=1S/C28H26N2O4/c1-5-30-21-13-9-7-11-19(21)26-25(28(30)31)24(18-14-15-22(32-3)23(16-18)33-4)27(34-26)29-20-12-8-6-10-17(20)2/h6-16,29H,5H2,1-4H3. The van der Waals surface area contributed by atoms with Crippen LogP contribution in [0.1, 0.15) is 12.5 Å². The van der Waals surface area contributed by atoms with Crippen LogP contribution in [-0.4, -0.2) is 18.8 Å². The number of methoxy groups -OCH3 is 2. The summed E-state index contributed by atoms with van der Waals surface area (Å²) in [5, 5.41) is 4.86. The molecule has 2 heterocycles. The molecule has 0 unspecified atom stereocenters. The van der Waals surface area contributed by atoms with Gasteiger partial charge in [-0.05, 0) is 55.3 Å². The first-order valence-electron chi connectivity index (χ1n) is 11.2. The number of anilines is 2. The maximum Gasteiger partial charge on any atom is 0.262 e. The predicted molar refractivity (Wildman–Crippen MR) is 137 cm³/mol. The van der Waals surface area contributed by atoms with Crippen molar-refractivity contribution in [1.29, 1.82) is 0 Å². The van der Waals surface area contributed by atoms with E-state index in [1.54, 1.807) is 18.8 Å². The van der Waals surface area contributed by atoms with E-state index in [4.69, 9.17) is 13.9 Å². The van der Waals surface area contributed by atoms with E-state index in [1.165, 1.54) is 0 Å². The molecule has 6 heteroatoms. The molecule has 0 saturated carbocycles. The number of pyridine rings is 1. The average molecular weight is 455 g/mol. The van der Waals surface area contributed by atoms with Gasteiger partial charge in [-0.1, -0.05) is 36.4 Å². The summed E-state index contributed by atoms with van der Waals surface area (Å²) in [6, 6.07) is 21.4. The van der Waals surface area contributed by atoms with Gasteiger partial charge in [-0.3, -0.25) is 4.79 Å². The minimum atomic E-state index is -0.0948. The topological polar surface area (TPSA) is 65.6 Å². The van der Waals surface area contributed by atoms with Gasteiger partial charge in [0.1, 0.15) is 0 Å². The van der Waals surface area contributed by atoms with Crippen molar-refractivity contribution < 1.29 is 13.9 Å². The van der Waals surface area contributed by atoms with Gasteiger partial charge < -0.3 is 23.8 Å². The SMILES string of the molecule is CCn1c(=O)c2c(-c3ccc(OC)c(OC)c3)c(Nc3ccccc3C)oc2c2ccccc21. The van der Waals surface area contributed by atoms with Gasteiger partial charge in [-0.25, -0.2) is 0 Å². The second-order valence-corrected chi connectivity index (χ2v) is 8.09. The molecule has 3 aromatic carbocycles. The van der Waals surface area contributed by atoms with E-state index in [1.807, 2.05) is 80.6 Å². The van der Waals surface area contributed by atoms with Crippen LogP contribution < -0.4 is 20.3 Å². The zero-order valence-electron chi connectivity index (χ0n) is 19.6. The molecule has 0 radical (unpaired) electrons. The van der Waals surface area contributed by atoms with Crippen LogP contribution in [0.5, 0.6) is 11.5 Å². The average Bonchev–Trinajstić information content (AvgIpc) is 3.25. The van der Waals surface area contributed by atoms with E-state index in [9.17, 15) is 4.79 Å². The number of benzene rings is 3. The van der Waals surface area contributed by atoms with Gasteiger partial charge in [0.05, 0.1) is 30.7 Å². The highest BCUT2D eigenvalue weighted by molar-refractivity contribution is 6.11. The summed E-state index contributed by atoms with van der Waals surface area (Å²) in [5.74, 6) is 1.70. The minimum Gasteiger partial charge on any atom is -0.493 e. The summed E-state index contributed by atoms with van der Waals surface area (Å²) < 4.78 is 19.2. The number of hydrogen-bond donors (Lipinski definition) is 1. The van der Waals surface area contributed by atoms with Gasteiger partial charge >= 0.3 is 0 Å². The third kappa shape index (κ3) is 3.39. The molecular weight excluding hydrogens is 428 g/mol. The molecule has 0 aliphatic heterocycles. The van der Waals surface area contributed by atoms with Crippen LogP contribution in [-0.2, 0) is 6.54 Å². The second kappa shape index (κ2) is 8.63. The van der Waals surface area contributed by atoms with Crippen LogP contribution in [0.25, 0.3) is 33.0 Å². The highest BCUT2D eigenvalue weighted by Crippen LogP contribution is 2.43. The molecule has 0 atom stereocenters. The number of ether oxygens (including phenoxy) is 2. The van der Waals surface area contributed by atoms with Crippen molar-refractivity contribution in [2.24, 2.45) is 0 Å². The largest absolute Gasteiger partial charge is 0.493 e. The molecule has 2 aromatic heterocycles. The Morgan fingerprint density at radius 3 is 2.41 bits per heavy atom. The number of aromatic nitrogens is 1. The van der Waals surface area contributed by atoms with Crippen LogP contribution in [0.4, 0.5) is 11.6 Å². The number of aryl methyl sites for hydroxylation is 2. The van der Waals surface area contributed by atoms with E-state index in [0.717, 1.165) is 27.7 Å². The number of fused-ring (bicyclic) bond motifs is 3. The fourth-order valence-electron chi connectivity index (χ4n) is 4.47. The third-order valence-electron chi connectivity index (χ3n) is 6.19. The Hall–Kier alpha value is -4.19. The Bertz CT molecular complexity index is 1580. The number of para-hydroxylation sites is 2. The molecule has 0 spiro atoms. The van der Waals surface area contributed by atoms with Crippen molar-refractivity contribution in [2.75, 3.05) is 19.5 Å². The van der Waals surface area contributed by atoms with E-state index in [-0.39, 0.29) is 5.56 Å². The van der Waals surface area contributed by atoms with Gasteiger partial charge in [-0.15, -0.1) is 0 Å². The van der Waals surface area contributed by atoms with Crippen molar-refractivity contribution in [1.82, 2.24) is 4.57 Å². The Labute approximate surface area is 197 Å². The van der Waals surface area contributed by atoms with E-state index in [0.29, 0.717) is 40.5 Å². The zero-order valence-corrected chi connectivity index (χ0v) is 19.6. The number of furan rings is 1. The fourth-order valence-corrected chi connectivity index (χ4v) is 4.47. The van der Waals surface area contributed by atoms with E-state index >= 15 is 0 Å². The van der Waals surface area contributed by atoms with Crippen LogP contribution >= 0.6 is 0 Å². The number of hydrogen-bond acceptors (Lipinski definition) is 5. The van der Waals surface area contributed by atoms with Gasteiger partial charge in [0.2, 0.25) is 5.88 Å². The fraction of sp³-hybridized carbons (Fsp3) is 0.179. The van der Waals surface area contributed by atoms with Crippen molar-refractivity contribution in [2.45, 2.75) is 20.4 Å². The molecule has 0 amide bonds. The summed E-state index contributed by atoms with van der Waals surface area (Å²) >= 11 is 0. The predicted octanol–water partition coefficient (Wildman–Crippen LogP) is 6.50. The minimum absolute atomic E-state index is 0.0948. The third-order valence-corrected chi connectivity index (χ3v) is 6.19. The Morgan fingerprint density at radius 1 is 0.941 bits per heavy atom. The molecule has 0 aliphatic rings. The molecule has 34 heavy (non-hydrogen) atoms. The second-order valence-electron chi connectivity index (χ2n) is 8.09. The van der Waals surface area contributed by atoms with Gasteiger partial charge in [0.15, 0.2) is 17.1 Å². The summed E-state index contributed by atoms with van der Waals surface area (Å²) in [7, 11) is 3.20. The van der Waals surface area contributed by atoms with Crippen LogP contribution in [0, 0.1) is 6.92 Å². The quantitative estimate of drug-likeness (QED) is 0.317. The van der Waals surface area contributed by atoms with Crippen molar-refractivity contribution in [3.8, 4) is 22.6 Å². The smallest absolute Gasteiger partial charge is 0.262 e. The summed E-state index contributed by atoms with van der Waals surface area (Å²) in [4.78, 5) is 13.8. The van der Waals surface area contributed by atoms with Crippen molar-refractivity contribution in [3.05, 3.63) is 82.6 Å². The summed E-state index contributed by atoms with van der Waals surface area (Å²) in [6.07, 6.45) is 0. The number of rotatable bonds is 6. The lowest BCUT2D eigenvalue weighted by Crippen LogP contribution is -2.19. The first-order valence-corrected chi connectivity index (χ1v) is 11.2. The van der Waals surface area contributed by atoms with E-state index in [2.05, 4.69) is 5.32 Å². The lowest BCUT2D eigenvalue weighted by molar-refractivity contribution is 0.355. The Balaban J connectivity index is 1.89. The molecule has 0 fully saturated rings. The first kappa shape index (κ1) is 21.6. The molecule has 5 aromatic rings. The Kier molecular flexibility index (Phi) is 5.49. The molecular formula is C28H26N2O4. The van der Waals surface area contributed by atoms with Crippen molar-refractivity contribution >= 4 is 33.4 Å². The number of nitrogens with zero attached hydrogens (tertiary/aromatic N) is 1. The van der Waals surface area contributed by atoms with Crippen LogP contribution in [0.15, 0.2) is 75.9 Å². The molecule has 6 nitrogen and oxygen atoms in total. The first-order chi connectivity index (χ1) is 16.6. The highest BCUT2D eigenvalue weighted by atomic mass is 16.5. The van der Waals surface area contributed by atoms with Gasteiger partial charge in [0, 0.05) is 17.6 Å². The zero-order chi connectivity index (χ0) is 23.8. The normalized spacial score (nSPS) is 11.2. The van der Waals surface area contributed by atoms with Crippen LogP contribution in [0.2, 0.25) is 0 Å². The van der Waals surface area contributed by atoms with Crippen LogP contribution in [0.3, 0.4) is 0 Å². The molecule has 0 bridgehead atoms. The molecule has 1 N–H and O–H groups in total. The highest BCUT2D eigenvalue weighted by Gasteiger charge is 2.24. The maximum atomic E-state index is 13.8. The molecule has 0 aliphatic carbocycles. The monoisotopic (exact) mass is 454 g/mol. The molecule has 5 rings (SSSR count). The lowest BCUT2D eigenvalue weighted by atomic mass is 10.0. The van der Waals surface area contributed by atoms with Gasteiger partial charge in [-0.2, -0.15) is 0 Å². The van der Waals surface area contributed by atoms with Gasteiger partial charge in [0.25, 0.3) is 5.56 Å². The number of nitrogens with one attached hydrogen (secondary N) is 1. The Morgan fingerprint density at radius 2 is 1.68 bits per heavy atom. The summed E-state index contributed by atoms with van der Waals surface area (Å²) in [6.45, 7) is 4.55.